The Labute approximate surface area is 106 Å². The maximum atomic E-state index is 11.4. The Balaban J connectivity index is 2.12. The zero-order valence-corrected chi connectivity index (χ0v) is 10.1. The molecule has 0 aliphatic rings. The van der Waals surface area contributed by atoms with Crippen molar-refractivity contribution >= 4 is 23.0 Å². The first-order chi connectivity index (χ1) is 8.70. The van der Waals surface area contributed by atoms with Crippen LogP contribution in [0.2, 0.25) is 0 Å². The van der Waals surface area contributed by atoms with Gasteiger partial charge in [-0.2, -0.15) is 5.26 Å². The SMILES string of the molecule is Cc1csc(/C(C#N)=N\OC(=O)c2ccco2)n1. The van der Waals surface area contributed by atoms with Crippen LogP contribution in [0.4, 0.5) is 0 Å². The number of hydrogen-bond acceptors (Lipinski definition) is 7. The van der Waals surface area contributed by atoms with Crippen LogP contribution >= 0.6 is 11.3 Å². The molecule has 0 aliphatic heterocycles. The lowest BCUT2D eigenvalue weighted by Crippen LogP contribution is -2.03. The summed E-state index contributed by atoms with van der Waals surface area (Å²) in [6.07, 6.45) is 1.34. The number of nitriles is 1. The molecule has 0 N–H and O–H groups in total. The standard InChI is InChI=1S/C11H7N3O3S/c1-7-6-18-10(13-7)8(5-12)14-17-11(15)9-3-2-4-16-9/h2-4,6H,1H3/b14-8-. The van der Waals surface area contributed by atoms with Gasteiger partial charge in [-0.15, -0.1) is 11.3 Å². The largest absolute Gasteiger partial charge is 0.457 e. The van der Waals surface area contributed by atoms with Gasteiger partial charge in [0.25, 0.3) is 0 Å². The highest BCUT2D eigenvalue weighted by Gasteiger charge is 2.13. The number of oxime groups is 1. The van der Waals surface area contributed by atoms with E-state index < -0.39 is 5.97 Å². The fourth-order valence-electron chi connectivity index (χ4n) is 1.10. The van der Waals surface area contributed by atoms with Gasteiger partial charge in [-0.25, -0.2) is 9.78 Å². The Bertz CT molecular complexity index is 622. The van der Waals surface area contributed by atoms with Crippen LogP contribution in [0.5, 0.6) is 0 Å². The highest BCUT2D eigenvalue weighted by molar-refractivity contribution is 7.12. The molecule has 0 saturated heterocycles. The summed E-state index contributed by atoms with van der Waals surface area (Å²) in [5.74, 6) is -0.743. The highest BCUT2D eigenvalue weighted by atomic mass is 32.1. The Hall–Kier alpha value is -2.46. The van der Waals surface area contributed by atoms with E-state index in [4.69, 9.17) is 9.68 Å². The van der Waals surface area contributed by atoms with Gasteiger partial charge >= 0.3 is 5.97 Å². The molecular weight excluding hydrogens is 254 g/mol. The van der Waals surface area contributed by atoms with E-state index in [2.05, 4.69) is 15.0 Å². The maximum absolute atomic E-state index is 11.4. The van der Waals surface area contributed by atoms with Gasteiger partial charge in [0.15, 0.2) is 5.01 Å². The van der Waals surface area contributed by atoms with Crippen LogP contribution in [0, 0.1) is 18.3 Å². The topological polar surface area (TPSA) is 88.5 Å². The third-order valence-electron chi connectivity index (χ3n) is 1.87. The predicted molar refractivity (Wildman–Crippen MR) is 63.1 cm³/mol. The molecule has 0 saturated carbocycles. The summed E-state index contributed by atoms with van der Waals surface area (Å²) in [6.45, 7) is 1.80. The Morgan fingerprint density at radius 2 is 2.50 bits per heavy atom. The van der Waals surface area contributed by atoms with Crippen molar-refractivity contribution in [3.8, 4) is 6.07 Å². The van der Waals surface area contributed by atoms with Crippen molar-refractivity contribution < 1.29 is 14.0 Å². The lowest BCUT2D eigenvalue weighted by atomic mass is 10.4. The molecule has 2 heterocycles. The van der Waals surface area contributed by atoms with Crippen LogP contribution in [0.3, 0.4) is 0 Å². The predicted octanol–water partition coefficient (Wildman–Crippen LogP) is 2.13. The molecule has 7 heteroatoms. The minimum absolute atomic E-state index is 0.0198. The van der Waals surface area contributed by atoms with Crippen LogP contribution in [-0.2, 0) is 4.84 Å². The Morgan fingerprint density at radius 1 is 1.67 bits per heavy atom. The van der Waals surface area contributed by atoms with Gasteiger partial charge in [0.05, 0.1) is 6.26 Å². The summed E-state index contributed by atoms with van der Waals surface area (Å²) >= 11 is 1.25. The molecule has 90 valence electrons. The van der Waals surface area contributed by atoms with Gasteiger partial charge in [0, 0.05) is 11.1 Å². The molecule has 0 amide bonds. The van der Waals surface area contributed by atoms with E-state index in [0.29, 0.717) is 5.01 Å². The zero-order valence-electron chi connectivity index (χ0n) is 9.28. The van der Waals surface area contributed by atoms with Crippen LogP contribution in [0.15, 0.2) is 33.3 Å². The number of carbonyl (C=O) groups is 1. The molecule has 18 heavy (non-hydrogen) atoms. The minimum atomic E-state index is -0.763. The fourth-order valence-corrected chi connectivity index (χ4v) is 1.82. The number of furan rings is 1. The van der Waals surface area contributed by atoms with E-state index in [-0.39, 0.29) is 11.5 Å². The lowest BCUT2D eigenvalue weighted by Gasteiger charge is -1.94. The van der Waals surface area contributed by atoms with Crippen LogP contribution in [0.1, 0.15) is 21.3 Å². The van der Waals surface area contributed by atoms with E-state index in [0.717, 1.165) is 5.69 Å². The molecule has 0 fully saturated rings. The molecule has 0 atom stereocenters. The molecule has 0 unspecified atom stereocenters. The van der Waals surface area contributed by atoms with Gasteiger partial charge in [-0.3, -0.25) is 0 Å². The van der Waals surface area contributed by atoms with E-state index in [9.17, 15) is 4.79 Å². The first kappa shape index (κ1) is 12.0. The van der Waals surface area contributed by atoms with Crippen LogP contribution in [-0.4, -0.2) is 16.7 Å². The summed E-state index contributed by atoms with van der Waals surface area (Å²) in [6, 6.07) is 4.82. The number of thiazole rings is 1. The second kappa shape index (κ2) is 5.25. The van der Waals surface area contributed by atoms with E-state index in [1.54, 1.807) is 18.4 Å². The summed E-state index contributed by atoms with van der Waals surface area (Å²) in [5.41, 5.74) is 0.725. The summed E-state index contributed by atoms with van der Waals surface area (Å²) in [7, 11) is 0. The summed E-state index contributed by atoms with van der Waals surface area (Å²) in [5, 5.41) is 14.6. The first-order valence-corrected chi connectivity index (χ1v) is 5.74. The number of carbonyl (C=O) groups excluding carboxylic acids is 1. The molecular formula is C11H7N3O3S. The average Bonchev–Trinajstić information content (AvgIpc) is 3.01. The van der Waals surface area contributed by atoms with Crippen molar-refractivity contribution in [2.45, 2.75) is 6.92 Å². The van der Waals surface area contributed by atoms with Gasteiger partial charge in [-0.05, 0) is 19.1 Å². The van der Waals surface area contributed by atoms with Gasteiger partial charge in [-0.1, -0.05) is 5.16 Å². The normalized spacial score (nSPS) is 11.0. The van der Waals surface area contributed by atoms with Crippen molar-refractivity contribution in [2.75, 3.05) is 0 Å². The van der Waals surface area contributed by atoms with Crippen molar-refractivity contribution in [1.82, 2.24) is 4.98 Å². The van der Waals surface area contributed by atoms with Crippen molar-refractivity contribution in [1.29, 1.82) is 5.26 Å². The third-order valence-corrected chi connectivity index (χ3v) is 2.84. The first-order valence-electron chi connectivity index (χ1n) is 4.86. The minimum Gasteiger partial charge on any atom is -0.457 e. The second-order valence-corrected chi connectivity index (χ2v) is 4.06. The highest BCUT2D eigenvalue weighted by Crippen LogP contribution is 2.10. The smallest absolute Gasteiger partial charge is 0.400 e. The third kappa shape index (κ3) is 2.61. The molecule has 0 aromatic carbocycles. The lowest BCUT2D eigenvalue weighted by molar-refractivity contribution is 0.0481. The fraction of sp³-hybridized carbons (Fsp3) is 0.0909. The molecule has 0 radical (unpaired) electrons. The van der Waals surface area contributed by atoms with Crippen molar-refractivity contribution in [3.63, 3.8) is 0 Å². The monoisotopic (exact) mass is 261 g/mol. The molecule has 2 aromatic heterocycles. The number of hydrogen-bond donors (Lipinski definition) is 0. The summed E-state index contributed by atoms with van der Waals surface area (Å²) in [4.78, 5) is 20.1. The van der Waals surface area contributed by atoms with Crippen molar-refractivity contribution in [3.05, 3.63) is 40.2 Å². The molecule has 6 nitrogen and oxygen atoms in total. The van der Waals surface area contributed by atoms with Crippen LogP contribution in [0.25, 0.3) is 0 Å². The number of aromatic nitrogens is 1. The van der Waals surface area contributed by atoms with Crippen LogP contribution < -0.4 is 0 Å². The molecule has 0 aliphatic carbocycles. The molecule has 2 rings (SSSR count). The summed E-state index contributed by atoms with van der Waals surface area (Å²) < 4.78 is 4.83. The number of aryl methyl sites for hydroxylation is 1. The number of rotatable bonds is 3. The zero-order chi connectivity index (χ0) is 13.0. The average molecular weight is 261 g/mol. The van der Waals surface area contributed by atoms with Gasteiger partial charge in [0.2, 0.25) is 11.5 Å². The molecule has 0 bridgehead atoms. The van der Waals surface area contributed by atoms with Crippen molar-refractivity contribution in [2.24, 2.45) is 5.16 Å². The van der Waals surface area contributed by atoms with Gasteiger partial charge < -0.3 is 9.25 Å². The van der Waals surface area contributed by atoms with E-state index >= 15 is 0 Å². The Morgan fingerprint density at radius 3 is 3.06 bits per heavy atom. The van der Waals surface area contributed by atoms with Gasteiger partial charge in [0.1, 0.15) is 6.07 Å². The second-order valence-electron chi connectivity index (χ2n) is 3.20. The van der Waals surface area contributed by atoms with E-state index in [1.807, 2.05) is 6.07 Å². The molecule has 0 spiro atoms. The maximum Gasteiger partial charge on any atom is 0.400 e. The number of nitrogens with zero attached hydrogens (tertiary/aromatic N) is 3. The quantitative estimate of drug-likeness (QED) is 0.479. The Kier molecular flexibility index (Phi) is 3.50. The van der Waals surface area contributed by atoms with E-state index in [1.165, 1.54) is 23.7 Å². The molecule has 2 aromatic rings.